The normalized spacial score (nSPS) is 14.6. The molecule has 0 saturated carbocycles. The molecule has 0 rings (SSSR count). The summed E-state index contributed by atoms with van der Waals surface area (Å²) in [5, 5.41) is 0. The van der Waals surface area contributed by atoms with Crippen LogP contribution in [-0.2, 0) is 9.53 Å². The Bertz CT molecular complexity index is 355. The summed E-state index contributed by atoms with van der Waals surface area (Å²) in [5.41, 5.74) is 0. The van der Waals surface area contributed by atoms with E-state index in [1.54, 1.807) is 0 Å². The molecule has 0 spiro atoms. The first-order valence-electron chi connectivity index (χ1n) is 11.2. The molecule has 0 aliphatic carbocycles. The first-order valence-corrected chi connectivity index (χ1v) is 16.5. The lowest BCUT2D eigenvalue weighted by molar-refractivity contribution is -0.141. The predicted molar refractivity (Wildman–Crippen MR) is 158 cm³/mol. The summed E-state index contributed by atoms with van der Waals surface area (Å²) in [7, 11) is 0. The van der Waals surface area contributed by atoms with Crippen LogP contribution in [0.15, 0.2) is 0 Å². The first kappa shape index (κ1) is 30.4. The maximum Gasteiger partial charge on any atom is 0.320 e. The number of carbonyl (C=O) groups is 1. The monoisotopic (exact) mass is 844 g/mol. The van der Waals surface area contributed by atoms with Crippen molar-refractivity contribution in [1.29, 1.82) is 0 Å². The highest BCUT2D eigenvalue weighted by Crippen LogP contribution is 2.29. The van der Waals surface area contributed by atoms with Gasteiger partial charge in [-0.3, -0.25) is 4.79 Å². The number of ether oxygens (including phenoxy) is 1. The second-order valence-electron chi connectivity index (χ2n) is 7.54. The van der Waals surface area contributed by atoms with Crippen molar-refractivity contribution in [3.8, 4) is 0 Å². The van der Waals surface area contributed by atoms with Crippen LogP contribution in [-0.4, -0.2) is 28.8 Å². The number of halogens is 4. The Hall–Kier alpha value is 2.39. The quantitative estimate of drug-likeness (QED) is 0.0529. The highest BCUT2D eigenvalue weighted by atomic mass is 127. The maximum absolute atomic E-state index is 11.9. The van der Waals surface area contributed by atoms with Crippen LogP contribution in [0, 0.1) is 0 Å². The van der Waals surface area contributed by atoms with E-state index in [1.165, 1.54) is 101 Å². The van der Waals surface area contributed by atoms with Crippen molar-refractivity contribution in [3.05, 3.63) is 0 Å². The minimum Gasteiger partial charge on any atom is -0.465 e. The smallest absolute Gasteiger partial charge is 0.320 e. The van der Waals surface area contributed by atoms with E-state index in [0.717, 1.165) is 0 Å². The molecule has 0 aromatic heterocycles. The van der Waals surface area contributed by atoms with Crippen molar-refractivity contribution in [2.45, 2.75) is 115 Å². The van der Waals surface area contributed by atoms with E-state index in [1.807, 2.05) is 6.92 Å². The summed E-state index contributed by atoms with van der Waals surface area (Å²) < 4.78 is 7.34. The van der Waals surface area contributed by atoms with Crippen molar-refractivity contribution in [2.24, 2.45) is 0 Å². The lowest BCUT2D eigenvalue weighted by atomic mass is 10.0. The molecule has 0 N–H and O–H groups in total. The van der Waals surface area contributed by atoms with Gasteiger partial charge in [0, 0.05) is 7.85 Å². The van der Waals surface area contributed by atoms with Gasteiger partial charge in [-0.25, -0.2) is 0 Å². The Morgan fingerprint density at radius 3 is 1.50 bits per heavy atom. The Morgan fingerprint density at radius 2 is 1.11 bits per heavy atom. The number of esters is 1. The Morgan fingerprint density at radius 1 is 0.714 bits per heavy atom. The fourth-order valence-corrected chi connectivity index (χ4v) is 6.77. The summed E-state index contributed by atoms with van der Waals surface area (Å²) in [4.78, 5) is 11.9. The number of hydrogen-bond acceptors (Lipinski definition) is 2. The van der Waals surface area contributed by atoms with Gasteiger partial charge in [0.25, 0.3) is 0 Å². The summed E-state index contributed by atoms with van der Waals surface area (Å²) in [6.07, 6.45) is 21.0. The number of rotatable bonds is 20. The molecule has 0 heterocycles. The van der Waals surface area contributed by atoms with Gasteiger partial charge in [0.2, 0.25) is 0 Å². The molecular weight excluding hydrogens is 804 g/mol. The van der Waals surface area contributed by atoms with Gasteiger partial charge in [-0.1, -0.05) is 174 Å². The molecule has 0 amide bonds. The molecule has 0 aromatic rings. The largest absolute Gasteiger partial charge is 0.465 e. The van der Waals surface area contributed by atoms with Crippen LogP contribution in [0.5, 0.6) is 0 Å². The minimum atomic E-state index is -0.0552. The van der Waals surface area contributed by atoms with Crippen LogP contribution in [0.1, 0.15) is 103 Å². The minimum absolute atomic E-state index is 0.0314. The fraction of sp³-hybridized carbons (Fsp3) is 0.955. The standard InChI is InChI=1S/C22H40I4O2/c1-2-28-22(27)21(26)20(25)19(24)17-15-13-11-9-7-5-3-4-6-8-10-12-14-16-18-23/h19-21H,2-18H2,1H3. The van der Waals surface area contributed by atoms with E-state index in [4.69, 9.17) is 4.74 Å². The van der Waals surface area contributed by atoms with Crippen molar-refractivity contribution in [2.75, 3.05) is 11.0 Å². The van der Waals surface area contributed by atoms with Gasteiger partial charge in [-0.2, -0.15) is 0 Å². The first-order chi connectivity index (χ1) is 13.5. The zero-order valence-corrected chi connectivity index (χ0v) is 26.2. The highest BCUT2D eigenvalue weighted by molar-refractivity contribution is 14.1. The number of carbonyl (C=O) groups excluding carboxylic acids is 1. The molecule has 3 atom stereocenters. The molecule has 2 nitrogen and oxygen atoms in total. The fourth-order valence-electron chi connectivity index (χ4n) is 3.25. The molecule has 0 aliphatic heterocycles. The molecule has 0 fully saturated rings. The molecule has 0 saturated heterocycles. The van der Waals surface area contributed by atoms with E-state index in [0.29, 0.717) is 14.5 Å². The van der Waals surface area contributed by atoms with Gasteiger partial charge in [-0.15, -0.1) is 0 Å². The van der Waals surface area contributed by atoms with Gasteiger partial charge in [-0.05, 0) is 24.2 Å². The third kappa shape index (κ3) is 18.0. The average Bonchev–Trinajstić information content (AvgIpc) is 2.69. The topological polar surface area (TPSA) is 26.3 Å². The van der Waals surface area contributed by atoms with E-state index < -0.39 is 0 Å². The molecule has 0 aromatic carbocycles. The third-order valence-corrected chi connectivity index (χ3v) is 12.8. The van der Waals surface area contributed by atoms with Crippen molar-refractivity contribution >= 4 is 96.3 Å². The van der Waals surface area contributed by atoms with Crippen LogP contribution in [0.2, 0.25) is 0 Å². The number of unbranched alkanes of at least 4 members (excludes halogenated alkanes) is 13. The highest BCUT2D eigenvalue weighted by Gasteiger charge is 2.29. The second kappa shape index (κ2) is 22.6. The zero-order valence-electron chi connectivity index (χ0n) is 17.6. The Labute approximate surface area is 229 Å². The molecule has 6 heteroatoms. The van der Waals surface area contributed by atoms with E-state index >= 15 is 0 Å². The molecule has 0 radical (unpaired) electrons. The van der Waals surface area contributed by atoms with Gasteiger partial charge >= 0.3 is 5.97 Å². The molecule has 168 valence electrons. The summed E-state index contributed by atoms with van der Waals surface area (Å²) in [5.74, 6) is -0.0552. The van der Waals surface area contributed by atoms with Crippen molar-refractivity contribution < 1.29 is 9.53 Å². The summed E-state index contributed by atoms with van der Waals surface area (Å²) in [6.45, 7) is 2.35. The lowest BCUT2D eigenvalue weighted by Crippen LogP contribution is -2.32. The number of alkyl halides is 4. The predicted octanol–water partition coefficient (Wildman–Crippen LogP) is 9.25. The lowest BCUT2D eigenvalue weighted by Gasteiger charge is -2.20. The second-order valence-corrected chi connectivity index (χ2v) is 13.0. The SMILES string of the molecule is CCOC(=O)C(I)C(I)C(I)CCCCCCCCCCCCCCCCI. The van der Waals surface area contributed by atoms with Gasteiger partial charge in [0.05, 0.1) is 6.61 Å². The van der Waals surface area contributed by atoms with Gasteiger partial charge < -0.3 is 4.74 Å². The maximum atomic E-state index is 11.9. The zero-order chi connectivity index (χ0) is 21.0. The van der Waals surface area contributed by atoms with Crippen LogP contribution >= 0.6 is 90.4 Å². The number of hydrogen-bond donors (Lipinski definition) is 0. The van der Waals surface area contributed by atoms with Crippen LogP contribution in [0.3, 0.4) is 0 Å². The molecule has 3 unspecified atom stereocenters. The van der Waals surface area contributed by atoms with Crippen LogP contribution in [0.25, 0.3) is 0 Å². The average molecular weight is 844 g/mol. The van der Waals surface area contributed by atoms with Crippen molar-refractivity contribution in [1.82, 2.24) is 0 Å². The molecular formula is C22H40I4O2. The van der Waals surface area contributed by atoms with E-state index in [2.05, 4.69) is 90.4 Å². The molecule has 28 heavy (non-hydrogen) atoms. The van der Waals surface area contributed by atoms with Gasteiger partial charge in [0.15, 0.2) is 0 Å². The Balaban J connectivity index is 3.41. The summed E-state index contributed by atoms with van der Waals surface area (Å²) in [6, 6.07) is 0. The van der Waals surface area contributed by atoms with E-state index in [9.17, 15) is 4.79 Å². The van der Waals surface area contributed by atoms with Crippen molar-refractivity contribution in [3.63, 3.8) is 0 Å². The summed E-state index contributed by atoms with van der Waals surface area (Å²) >= 11 is 9.68. The Kier molecular flexibility index (Phi) is 24.5. The van der Waals surface area contributed by atoms with Crippen LogP contribution in [0.4, 0.5) is 0 Å². The third-order valence-electron chi connectivity index (χ3n) is 5.00. The van der Waals surface area contributed by atoms with E-state index in [-0.39, 0.29) is 9.89 Å². The molecule has 0 aliphatic rings. The van der Waals surface area contributed by atoms with Crippen LogP contribution < -0.4 is 0 Å². The van der Waals surface area contributed by atoms with Gasteiger partial charge in [0.1, 0.15) is 3.92 Å². The molecule has 0 bridgehead atoms.